The van der Waals surface area contributed by atoms with E-state index >= 15 is 0 Å². The molecule has 15 heavy (non-hydrogen) atoms. The van der Waals surface area contributed by atoms with Crippen molar-refractivity contribution in [1.82, 2.24) is 5.32 Å². The number of nitrogens with one attached hydrogen (secondary N) is 1. The predicted molar refractivity (Wildman–Crippen MR) is 59.2 cm³/mol. The molecule has 5 heteroatoms. The Morgan fingerprint density at radius 1 is 1.80 bits per heavy atom. The van der Waals surface area contributed by atoms with Crippen LogP contribution in [0.3, 0.4) is 0 Å². The molecule has 1 heterocycles. The van der Waals surface area contributed by atoms with Crippen molar-refractivity contribution in [2.75, 3.05) is 18.1 Å². The lowest BCUT2D eigenvalue weighted by molar-refractivity contribution is -0.138. The minimum Gasteiger partial charge on any atom is -0.462 e. The number of hydrogen-bond donors (Lipinski definition) is 1. The van der Waals surface area contributed by atoms with Crippen LogP contribution < -0.4 is 5.32 Å². The van der Waals surface area contributed by atoms with Crippen molar-refractivity contribution in [2.24, 2.45) is 0 Å². The van der Waals surface area contributed by atoms with Crippen LogP contribution in [-0.4, -0.2) is 30.1 Å². The highest BCUT2D eigenvalue weighted by molar-refractivity contribution is 7.99. The van der Waals surface area contributed by atoms with Crippen molar-refractivity contribution in [3.8, 4) is 6.07 Å². The molecule has 1 unspecified atom stereocenters. The maximum absolute atomic E-state index is 11.2. The molecule has 1 N–H and O–H groups in total. The molecule has 1 aliphatic rings. The van der Waals surface area contributed by atoms with Crippen LogP contribution >= 0.6 is 11.8 Å². The third-order valence-corrected chi connectivity index (χ3v) is 3.17. The Hall–Kier alpha value is -1.15. The van der Waals surface area contributed by atoms with Gasteiger partial charge in [-0.1, -0.05) is 0 Å². The second-order valence-electron chi connectivity index (χ2n) is 3.12. The fraction of sp³-hybridized carbons (Fsp3) is 0.600. The summed E-state index contributed by atoms with van der Waals surface area (Å²) >= 11 is 1.87. The first-order chi connectivity index (χ1) is 7.27. The summed E-state index contributed by atoms with van der Waals surface area (Å²) in [5.74, 6) is 1.60. The number of carbonyl (C=O) groups excluding carboxylic acids is 1. The molecular weight excluding hydrogens is 212 g/mol. The first kappa shape index (κ1) is 11.9. The fourth-order valence-corrected chi connectivity index (χ4v) is 2.38. The molecule has 1 rings (SSSR count). The lowest BCUT2D eigenvalue weighted by atomic mass is 10.2. The number of nitrogens with zero attached hydrogens (tertiary/aromatic N) is 1. The van der Waals surface area contributed by atoms with Crippen LogP contribution in [-0.2, 0) is 9.53 Å². The van der Waals surface area contributed by atoms with E-state index in [1.165, 1.54) is 6.20 Å². The van der Waals surface area contributed by atoms with Crippen molar-refractivity contribution in [3.05, 3.63) is 11.8 Å². The van der Waals surface area contributed by atoms with Crippen LogP contribution in [0.5, 0.6) is 0 Å². The van der Waals surface area contributed by atoms with Crippen LogP contribution in [0.15, 0.2) is 11.8 Å². The van der Waals surface area contributed by atoms with Crippen LogP contribution in [0.2, 0.25) is 0 Å². The maximum Gasteiger partial charge on any atom is 0.350 e. The summed E-state index contributed by atoms with van der Waals surface area (Å²) in [7, 11) is 0. The van der Waals surface area contributed by atoms with Gasteiger partial charge in [0, 0.05) is 18.0 Å². The van der Waals surface area contributed by atoms with Crippen LogP contribution in [0.4, 0.5) is 0 Å². The molecule has 1 atom stereocenters. The van der Waals surface area contributed by atoms with E-state index in [4.69, 9.17) is 10.00 Å². The Balaban J connectivity index is 2.46. The van der Waals surface area contributed by atoms with Gasteiger partial charge in [0.1, 0.15) is 6.07 Å². The largest absolute Gasteiger partial charge is 0.462 e. The van der Waals surface area contributed by atoms with Crippen LogP contribution in [0, 0.1) is 11.3 Å². The van der Waals surface area contributed by atoms with Gasteiger partial charge in [-0.15, -0.1) is 0 Å². The van der Waals surface area contributed by atoms with Crippen molar-refractivity contribution >= 4 is 17.7 Å². The Morgan fingerprint density at radius 2 is 2.60 bits per heavy atom. The monoisotopic (exact) mass is 226 g/mol. The molecule has 1 fully saturated rings. The Morgan fingerprint density at radius 3 is 3.13 bits per heavy atom. The highest BCUT2D eigenvalue weighted by atomic mass is 32.2. The second kappa shape index (κ2) is 6.36. The van der Waals surface area contributed by atoms with Gasteiger partial charge < -0.3 is 10.1 Å². The molecule has 1 aliphatic heterocycles. The van der Waals surface area contributed by atoms with Gasteiger partial charge in [-0.25, -0.2) is 4.79 Å². The van der Waals surface area contributed by atoms with Crippen molar-refractivity contribution in [1.29, 1.82) is 5.26 Å². The number of ether oxygens (including phenoxy) is 1. The van der Waals surface area contributed by atoms with Crippen molar-refractivity contribution in [2.45, 2.75) is 19.4 Å². The zero-order valence-electron chi connectivity index (χ0n) is 8.66. The van der Waals surface area contributed by atoms with Gasteiger partial charge in [0.25, 0.3) is 0 Å². The van der Waals surface area contributed by atoms with E-state index < -0.39 is 5.97 Å². The summed E-state index contributed by atoms with van der Waals surface area (Å²) in [6, 6.07) is 2.20. The summed E-state index contributed by atoms with van der Waals surface area (Å²) in [4.78, 5) is 11.2. The Kier molecular flexibility index (Phi) is 5.05. The van der Waals surface area contributed by atoms with Gasteiger partial charge in [0.05, 0.1) is 6.61 Å². The van der Waals surface area contributed by atoms with E-state index in [1.807, 2.05) is 17.8 Å². The average molecular weight is 226 g/mol. The summed E-state index contributed by atoms with van der Waals surface area (Å²) in [6.07, 6.45) is 2.54. The van der Waals surface area contributed by atoms with Crippen LogP contribution in [0.1, 0.15) is 13.3 Å². The second-order valence-corrected chi connectivity index (χ2v) is 4.27. The van der Waals surface area contributed by atoms with Crippen molar-refractivity contribution < 1.29 is 9.53 Å². The Bertz CT molecular complexity index is 290. The zero-order chi connectivity index (χ0) is 11.1. The molecule has 4 nitrogen and oxygen atoms in total. The van der Waals surface area contributed by atoms with Gasteiger partial charge in [0.2, 0.25) is 0 Å². The standard InChI is InChI=1S/C10H14N2O2S/c1-2-14-10(13)8(5-11)6-12-9-3-4-15-7-9/h6,9,12H,2-4,7H2,1H3/b8-6+. The van der Waals surface area contributed by atoms with Gasteiger partial charge in [-0.3, -0.25) is 0 Å². The van der Waals surface area contributed by atoms with Gasteiger partial charge >= 0.3 is 5.97 Å². The van der Waals surface area contributed by atoms with E-state index in [0.717, 1.165) is 17.9 Å². The Labute approximate surface area is 93.7 Å². The number of hydrogen-bond acceptors (Lipinski definition) is 5. The van der Waals surface area contributed by atoms with E-state index in [2.05, 4.69) is 5.32 Å². The lowest BCUT2D eigenvalue weighted by Crippen LogP contribution is -2.24. The molecule has 0 saturated carbocycles. The molecule has 1 saturated heterocycles. The quantitative estimate of drug-likeness (QED) is 0.441. The molecule has 82 valence electrons. The fourth-order valence-electron chi connectivity index (χ4n) is 1.21. The van der Waals surface area contributed by atoms with Crippen LogP contribution in [0.25, 0.3) is 0 Å². The van der Waals surface area contributed by atoms with Crippen molar-refractivity contribution in [3.63, 3.8) is 0 Å². The van der Waals surface area contributed by atoms with E-state index in [9.17, 15) is 4.79 Å². The van der Waals surface area contributed by atoms with E-state index in [-0.39, 0.29) is 12.2 Å². The SMILES string of the molecule is CCOC(=O)/C(C#N)=C/NC1CCSC1. The lowest BCUT2D eigenvalue weighted by Gasteiger charge is -2.08. The highest BCUT2D eigenvalue weighted by Gasteiger charge is 2.15. The maximum atomic E-state index is 11.2. The number of esters is 1. The first-order valence-corrected chi connectivity index (χ1v) is 6.04. The van der Waals surface area contributed by atoms with Gasteiger partial charge in [0.15, 0.2) is 5.57 Å². The van der Waals surface area contributed by atoms with E-state index in [0.29, 0.717) is 6.04 Å². The predicted octanol–water partition coefficient (Wildman–Crippen LogP) is 1.05. The van der Waals surface area contributed by atoms with Gasteiger partial charge in [-0.2, -0.15) is 17.0 Å². The zero-order valence-corrected chi connectivity index (χ0v) is 9.47. The molecule has 0 radical (unpaired) electrons. The number of carbonyl (C=O) groups is 1. The smallest absolute Gasteiger partial charge is 0.350 e. The molecule has 0 aromatic heterocycles. The van der Waals surface area contributed by atoms with Gasteiger partial charge in [-0.05, 0) is 19.1 Å². The topological polar surface area (TPSA) is 62.1 Å². The minimum atomic E-state index is -0.557. The number of thioether (sulfide) groups is 1. The molecular formula is C10H14N2O2S. The number of rotatable bonds is 4. The third-order valence-electron chi connectivity index (χ3n) is 2.01. The molecule has 0 aliphatic carbocycles. The summed E-state index contributed by atoms with van der Waals surface area (Å²) < 4.78 is 4.74. The highest BCUT2D eigenvalue weighted by Crippen LogP contribution is 2.17. The minimum absolute atomic E-state index is 0.0359. The average Bonchev–Trinajstić information content (AvgIpc) is 2.72. The van der Waals surface area contributed by atoms with E-state index in [1.54, 1.807) is 6.92 Å². The molecule has 0 aromatic carbocycles. The number of nitriles is 1. The normalized spacial score (nSPS) is 20.8. The summed E-state index contributed by atoms with van der Waals surface area (Å²) in [6.45, 7) is 2.01. The molecule has 0 bridgehead atoms. The first-order valence-electron chi connectivity index (χ1n) is 4.89. The summed E-state index contributed by atoms with van der Waals surface area (Å²) in [5, 5.41) is 11.8. The molecule has 0 amide bonds. The molecule has 0 aromatic rings. The summed E-state index contributed by atoms with van der Waals surface area (Å²) in [5.41, 5.74) is 0.0359. The third kappa shape index (κ3) is 3.84. The molecule has 0 spiro atoms.